The van der Waals surface area contributed by atoms with Crippen LogP contribution in [0.1, 0.15) is 30.9 Å². The van der Waals surface area contributed by atoms with Crippen LogP contribution in [0.5, 0.6) is 0 Å². The van der Waals surface area contributed by atoms with E-state index in [0.717, 1.165) is 34.9 Å². The van der Waals surface area contributed by atoms with E-state index in [9.17, 15) is 14.4 Å². The van der Waals surface area contributed by atoms with Gasteiger partial charge in [0.2, 0.25) is 5.91 Å². The van der Waals surface area contributed by atoms with Gasteiger partial charge in [-0.15, -0.1) is 0 Å². The van der Waals surface area contributed by atoms with Gasteiger partial charge in [0.05, 0.1) is 0 Å². The van der Waals surface area contributed by atoms with Crippen molar-refractivity contribution in [3.05, 3.63) is 83.9 Å². The van der Waals surface area contributed by atoms with E-state index in [0.29, 0.717) is 24.6 Å². The molecule has 6 nitrogen and oxygen atoms in total. The minimum Gasteiger partial charge on any atom is -0.341 e. The summed E-state index contributed by atoms with van der Waals surface area (Å²) in [6, 6.07) is 23.5. The van der Waals surface area contributed by atoms with Gasteiger partial charge in [0.1, 0.15) is 12.1 Å². The van der Waals surface area contributed by atoms with Gasteiger partial charge in [0.25, 0.3) is 5.91 Å². The summed E-state index contributed by atoms with van der Waals surface area (Å²) in [6.45, 7) is 2.79. The van der Waals surface area contributed by atoms with Gasteiger partial charge in [-0.05, 0) is 60.1 Å². The molecule has 174 valence electrons. The fourth-order valence-corrected chi connectivity index (χ4v) is 5.11. The Balaban J connectivity index is 1.23. The summed E-state index contributed by atoms with van der Waals surface area (Å²) in [7, 11) is 0. The first kappa shape index (κ1) is 22.1. The number of carbonyl (C=O) groups excluding carboxylic acids is 3. The van der Waals surface area contributed by atoms with Crippen LogP contribution in [0.3, 0.4) is 0 Å². The van der Waals surface area contributed by atoms with Crippen LogP contribution in [-0.4, -0.2) is 47.3 Å². The van der Waals surface area contributed by atoms with E-state index in [1.54, 1.807) is 11.8 Å². The summed E-state index contributed by atoms with van der Waals surface area (Å²) in [5.74, 6) is -0.0242. The predicted molar refractivity (Wildman–Crippen MR) is 131 cm³/mol. The van der Waals surface area contributed by atoms with Crippen LogP contribution in [0.15, 0.2) is 72.8 Å². The zero-order valence-corrected chi connectivity index (χ0v) is 19.4. The first-order valence-electron chi connectivity index (χ1n) is 11.9. The summed E-state index contributed by atoms with van der Waals surface area (Å²) in [6.07, 6.45) is 2.87. The van der Waals surface area contributed by atoms with Crippen LogP contribution in [0.4, 0.5) is 4.79 Å². The Morgan fingerprint density at radius 3 is 2.35 bits per heavy atom. The quantitative estimate of drug-likeness (QED) is 0.589. The lowest BCUT2D eigenvalue weighted by Crippen LogP contribution is -2.46. The Morgan fingerprint density at radius 2 is 1.62 bits per heavy atom. The molecular formula is C28H29N3O3. The molecule has 0 radical (unpaired) electrons. The zero-order chi connectivity index (χ0) is 23.7. The van der Waals surface area contributed by atoms with E-state index >= 15 is 0 Å². The molecule has 0 saturated carbocycles. The topological polar surface area (TPSA) is 69.7 Å². The number of carbonyl (C=O) groups is 3. The molecule has 3 aromatic rings. The molecule has 0 spiro atoms. The highest BCUT2D eigenvalue weighted by molar-refractivity contribution is 6.09. The molecule has 2 aliphatic rings. The second-order valence-corrected chi connectivity index (χ2v) is 9.52. The number of benzene rings is 3. The van der Waals surface area contributed by atoms with Crippen LogP contribution in [-0.2, 0) is 21.5 Å². The maximum absolute atomic E-state index is 13.3. The van der Waals surface area contributed by atoms with E-state index in [1.807, 2.05) is 48.5 Å². The Labute approximate surface area is 199 Å². The minimum absolute atomic E-state index is 0.176. The number of piperidine rings is 1. The van der Waals surface area contributed by atoms with Gasteiger partial charge in [-0.3, -0.25) is 14.5 Å². The molecule has 2 fully saturated rings. The van der Waals surface area contributed by atoms with Crippen molar-refractivity contribution in [2.75, 3.05) is 19.6 Å². The number of rotatable bonds is 5. The molecule has 6 heteroatoms. The van der Waals surface area contributed by atoms with Gasteiger partial charge in [-0.2, -0.15) is 0 Å². The van der Waals surface area contributed by atoms with E-state index in [4.69, 9.17) is 0 Å². The maximum Gasteiger partial charge on any atom is 0.325 e. The molecule has 0 bridgehead atoms. The van der Waals surface area contributed by atoms with Crippen molar-refractivity contribution >= 4 is 28.6 Å². The first-order valence-corrected chi connectivity index (χ1v) is 11.9. The largest absolute Gasteiger partial charge is 0.341 e. The van der Waals surface area contributed by atoms with Crippen LogP contribution >= 0.6 is 0 Å². The summed E-state index contributed by atoms with van der Waals surface area (Å²) >= 11 is 0. The lowest BCUT2D eigenvalue weighted by molar-refractivity contribution is -0.139. The van der Waals surface area contributed by atoms with E-state index in [1.165, 1.54) is 5.56 Å². The van der Waals surface area contributed by atoms with Crippen LogP contribution in [0.2, 0.25) is 0 Å². The third-order valence-electron chi connectivity index (χ3n) is 7.23. The number of nitrogens with one attached hydrogen (secondary N) is 1. The summed E-state index contributed by atoms with van der Waals surface area (Å²) in [4.78, 5) is 41.9. The summed E-state index contributed by atoms with van der Waals surface area (Å²) < 4.78 is 0. The van der Waals surface area contributed by atoms with Crippen LogP contribution < -0.4 is 5.32 Å². The van der Waals surface area contributed by atoms with Crippen molar-refractivity contribution in [2.24, 2.45) is 5.92 Å². The minimum atomic E-state index is -1.19. The molecule has 2 aliphatic heterocycles. The highest BCUT2D eigenvalue weighted by Crippen LogP contribution is 2.31. The summed E-state index contributed by atoms with van der Waals surface area (Å²) in [5, 5.41) is 4.88. The Kier molecular flexibility index (Phi) is 5.82. The second kappa shape index (κ2) is 8.93. The SMILES string of the molecule is CC1(c2ccc3ccccc3c2)NC(=O)N(CC(=O)N2CCC(Cc3ccccc3)CC2)C1=O. The number of amides is 4. The maximum atomic E-state index is 13.3. The Morgan fingerprint density at radius 1 is 0.941 bits per heavy atom. The fraction of sp³-hybridized carbons (Fsp3) is 0.321. The van der Waals surface area contributed by atoms with Crippen molar-refractivity contribution in [3.63, 3.8) is 0 Å². The average molecular weight is 456 g/mol. The van der Waals surface area contributed by atoms with Crippen molar-refractivity contribution in [3.8, 4) is 0 Å². The number of urea groups is 1. The Hall–Kier alpha value is -3.67. The van der Waals surface area contributed by atoms with Crippen molar-refractivity contribution in [1.82, 2.24) is 15.1 Å². The highest BCUT2D eigenvalue weighted by atomic mass is 16.2. The standard InChI is InChI=1S/C28H29N3O3/c1-28(24-12-11-22-9-5-6-10-23(22)18-24)26(33)31(27(34)29-28)19-25(32)30-15-13-21(14-16-30)17-20-7-3-2-4-8-20/h2-12,18,21H,13-17,19H2,1H3,(H,29,34). The second-order valence-electron chi connectivity index (χ2n) is 9.52. The van der Waals surface area contributed by atoms with Gasteiger partial charge >= 0.3 is 6.03 Å². The molecule has 1 atom stereocenters. The number of hydrogen-bond acceptors (Lipinski definition) is 3. The molecule has 1 N–H and O–H groups in total. The molecule has 0 aliphatic carbocycles. The molecule has 2 heterocycles. The number of imide groups is 1. The van der Waals surface area contributed by atoms with Gasteiger partial charge in [-0.25, -0.2) is 4.79 Å². The van der Waals surface area contributed by atoms with Gasteiger partial charge < -0.3 is 10.2 Å². The van der Waals surface area contributed by atoms with Gasteiger partial charge in [0, 0.05) is 13.1 Å². The molecule has 34 heavy (non-hydrogen) atoms. The number of likely N-dealkylation sites (tertiary alicyclic amines) is 1. The smallest absolute Gasteiger partial charge is 0.325 e. The lowest BCUT2D eigenvalue weighted by Gasteiger charge is -2.33. The molecule has 3 aromatic carbocycles. The molecule has 4 amide bonds. The molecule has 2 saturated heterocycles. The molecule has 5 rings (SSSR count). The normalized spacial score (nSPS) is 21.2. The van der Waals surface area contributed by atoms with Crippen molar-refractivity contribution < 1.29 is 14.4 Å². The molecular weight excluding hydrogens is 426 g/mol. The summed E-state index contributed by atoms with van der Waals surface area (Å²) in [5.41, 5.74) is 0.838. The van der Waals surface area contributed by atoms with E-state index < -0.39 is 11.6 Å². The monoisotopic (exact) mass is 455 g/mol. The average Bonchev–Trinajstić information content (AvgIpc) is 3.08. The predicted octanol–water partition coefficient (Wildman–Crippen LogP) is 4.09. The third kappa shape index (κ3) is 4.16. The third-order valence-corrected chi connectivity index (χ3v) is 7.23. The van der Waals surface area contributed by atoms with Crippen LogP contribution in [0, 0.1) is 5.92 Å². The molecule has 0 aromatic heterocycles. The number of hydrogen-bond donors (Lipinski definition) is 1. The molecule has 1 unspecified atom stereocenters. The highest BCUT2D eigenvalue weighted by Gasteiger charge is 2.49. The fourth-order valence-electron chi connectivity index (χ4n) is 5.11. The van der Waals surface area contributed by atoms with Crippen molar-refractivity contribution in [2.45, 2.75) is 31.7 Å². The Bertz CT molecular complexity index is 1230. The van der Waals surface area contributed by atoms with Crippen LogP contribution in [0.25, 0.3) is 10.8 Å². The van der Waals surface area contributed by atoms with Gasteiger partial charge in [0.15, 0.2) is 0 Å². The first-order chi connectivity index (χ1) is 16.4. The number of fused-ring (bicyclic) bond motifs is 1. The van der Waals surface area contributed by atoms with Gasteiger partial charge in [-0.1, -0.05) is 66.7 Å². The number of nitrogens with zero attached hydrogens (tertiary/aromatic N) is 2. The van der Waals surface area contributed by atoms with E-state index in [2.05, 4.69) is 29.6 Å². The van der Waals surface area contributed by atoms with E-state index in [-0.39, 0.29) is 18.4 Å². The zero-order valence-electron chi connectivity index (χ0n) is 19.4. The lowest BCUT2D eigenvalue weighted by atomic mass is 9.90. The van der Waals surface area contributed by atoms with Crippen molar-refractivity contribution in [1.29, 1.82) is 0 Å².